The van der Waals surface area contributed by atoms with Gasteiger partial charge in [0.15, 0.2) is 0 Å². The SMILES string of the molecule is O=Cc1[c-]cccc1.[Y].[Y]. The Hall–Kier alpha value is 1.10. The van der Waals surface area contributed by atoms with Crippen LogP contribution in [0, 0.1) is 6.07 Å². The Morgan fingerprint density at radius 3 is 2.30 bits per heavy atom. The van der Waals surface area contributed by atoms with E-state index in [4.69, 9.17) is 0 Å². The molecule has 0 aliphatic rings. The van der Waals surface area contributed by atoms with E-state index in [1.54, 1.807) is 18.2 Å². The molecule has 0 spiro atoms. The third-order valence-electron chi connectivity index (χ3n) is 0.860. The smallest absolute Gasteiger partial charge is 0.0655 e. The van der Waals surface area contributed by atoms with Gasteiger partial charge in [-0.05, 0) is 0 Å². The number of aldehydes is 1. The molecule has 0 heterocycles. The summed E-state index contributed by atoms with van der Waals surface area (Å²) in [6.07, 6.45) is 0.778. The summed E-state index contributed by atoms with van der Waals surface area (Å²) >= 11 is 0. The number of carbonyl (C=O) groups excluding carboxylic acids is 1. The molecular weight excluding hydrogens is 278 g/mol. The third kappa shape index (κ3) is 4.84. The number of rotatable bonds is 1. The van der Waals surface area contributed by atoms with E-state index in [0.29, 0.717) is 5.56 Å². The van der Waals surface area contributed by atoms with Crippen molar-refractivity contribution in [2.45, 2.75) is 0 Å². The van der Waals surface area contributed by atoms with Crippen molar-refractivity contribution < 1.29 is 70.2 Å². The van der Waals surface area contributed by atoms with Crippen molar-refractivity contribution in [2.24, 2.45) is 0 Å². The van der Waals surface area contributed by atoms with Gasteiger partial charge in [-0.2, -0.15) is 0 Å². The van der Waals surface area contributed by atoms with Gasteiger partial charge in [0, 0.05) is 65.4 Å². The fraction of sp³-hybridized carbons (Fsp3) is 0. The first-order valence-corrected chi connectivity index (χ1v) is 2.35. The molecule has 1 aromatic rings. The Morgan fingerprint density at radius 1 is 1.30 bits per heavy atom. The molecule has 2 radical (unpaired) electrons. The third-order valence-corrected chi connectivity index (χ3v) is 0.860. The van der Waals surface area contributed by atoms with E-state index in [1.807, 2.05) is 6.07 Å². The molecule has 1 nitrogen and oxygen atoms in total. The van der Waals surface area contributed by atoms with Crippen LogP contribution in [0.25, 0.3) is 0 Å². The maximum atomic E-state index is 9.98. The zero-order valence-corrected chi connectivity index (χ0v) is 11.1. The average Bonchev–Trinajstić information content (AvgIpc) is 1.90. The van der Waals surface area contributed by atoms with Gasteiger partial charge in [0.25, 0.3) is 0 Å². The van der Waals surface area contributed by atoms with Crippen molar-refractivity contribution in [1.82, 2.24) is 0 Å². The van der Waals surface area contributed by atoms with Crippen molar-refractivity contribution >= 4 is 6.29 Å². The summed E-state index contributed by atoms with van der Waals surface area (Å²) in [7, 11) is 0. The molecule has 0 amide bonds. The maximum absolute atomic E-state index is 9.98. The number of hydrogen-bond acceptors (Lipinski definition) is 1. The van der Waals surface area contributed by atoms with Gasteiger partial charge in [0.05, 0.1) is 6.29 Å². The average molecular weight is 283 g/mol. The van der Waals surface area contributed by atoms with Gasteiger partial charge < -0.3 is 4.79 Å². The van der Waals surface area contributed by atoms with Gasteiger partial charge in [-0.3, -0.25) is 0 Å². The Balaban J connectivity index is 0. The van der Waals surface area contributed by atoms with E-state index in [1.165, 1.54) is 0 Å². The summed E-state index contributed by atoms with van der Waals surface area (Å²) in [4.78, 5) is 9.98. The first-order valence-electron chi connectivity index (χ1n) is 2.35. The molecule has 0 aliphatic heterocycles. The summed E-state index contributed by atoms with van der Waals surface area (Å²) in [5.74, 6) is 0. The molecule has 0 unspecified atom stereocenters. The standard InChI is InChI=1S/C7H5O.2Y/c8-6-7-4-2-1-3-5-7;;/h1-4,6H;;/q-1;;. The molecular formula is C7H5OY2-. The molecule has 0 bridgehead atoms. The second-order valence-electron chi connectivity index (χ2n) is 1.44. The van der Waals surface area contributed by atoms with Gasteiger partial charge in [-0.15, -0.1) is 35.9 Å². The van der Waals surface area contributed by atoms with Crippen LogP contribution in [0.1, 0.15) is 10.4 Å². The van der Waals surface area contributed by atoms with Crippen LogP contribution in [0.15, 0.2) is 24.3 Å². The van der Waals surface area contributed by atoms with Crippen LogP contribution in [-0.2, 0) is 65.4 Å². The van der Waals surface area contributed by atoms with Crippen LogP contribution in [0.2, 0.25) is 0 Å². The fourth-order valence-corrected chi connectivity index (χ4v) is 0.481. The van der Waals surface area contributed by atoms with E-state index in [2.05, 4.69) is 6.07 Å². The summed E-state index contributed by atoms with van der Waals surface area (Å²) in [5.41, 5.74) is 0.604. The minimum absolute atomic E-state index is 0. The van der Waals surface area contributed by atoms with E-state index >= 15 is 0 Å². The number of carbonyl (C=O) groups is 1. The van der Waals surface area contributed by atoms with Gasteiger partial charge in [-0.25, -0.2) is 0 Å². The minimum atomic E-state index is 0. The molecule has 1 aromatic carbocycles. The monoisotopic (exact) mass is 283 g/mol. The Labute approximate surface area is 111 Å². The molecule has 1 rings (SSSR count). The zero-order chi connectivity index (χ0) is 5.82. The molecule has 46 valence electrons. The second-order valence-corrected chi connectivity index (χ2v) is 1.44. The van der Waals surface area contributed by atoms with Crippen LogP contribution >= 0.6 is 0 Å². The molecule has 0 aliphatic carbocycles. The van der Waals surface area contributed by atoms with Crippen LogP contribution in [0.4, 0.5) is 0 Å². The molecule has 0 N–H and O–H groups in total. The quantitative estimate of drug-likeness (QED) is 0.561. The Morgan fingerprint density at radius 2 is 2.00 bits per heavy atom. The molecule has 10 heavy (non-hydrogen) atoms. The van der Waals surface area contributed by atoms with Crippen molar-refractivity contribution in [2.75, 3.05) is 0 Å². The van der Waals surface area contributed by atoms with Crippen LogP contribution < -0.4 is 0 Å². The van der Waals surface area contributed by atoms with E-state index in [-0.39, 0.29) is 65.4 Å². The largest absolute Gasteiger partial charge is 0.355 e. The zero-order valence-electron chi connectivity index (χ0n) is 5.45. The molecule has 0 saturated carbocycles. The normalized spacial score (nSPS) is 6.80. The van der Waals surface area contributed by atoms with E-state index in [9.17, 15) is 4.79 Å². The summed E-state index contributed by atoms with van der Waals surface area (Å²) in [6.45, 7) is 0. The summed E-state index contributed by atoms with van der Waals surface area (Å²) in [6, 6.07) is 9.81. The fourth-order valence-electron chi connectivity index (χ4n) is 0.481. The molecule has 0 fully saturated rings. The predicted molar refractivity (Wildman–Crippen MR) is 30.7 cm³/mol. The van der Waals surface area contributed by atoms with Crippen molar-refractivity contribution in [3.05, 3.63) is 35.9 Å². The summed E-state index contributed by atoms with van der Waals surface area (Å²) in [5, 5.41) is 0. The number of benzene rings is 1. The first-order chi connectivity index (χ1) is 3.93. The molecule has 3 heteroatoms. The van der Waals surface area contributed by atoms with E-state index < -0.39 is 0 Å². The molecule has 0 saturated heterocycles. The maximum Gasteiger partial charge on any atom is 0.0655 e. The van der Waals surface area contributed by atoms with Crippen LogP contribution in [0.5, 0.6) is 0 Å². The second kappa shape index (κ2) is 8.20. The van der Waals surface area contributed by atoms with Crippen molar-refractivity contribution in [3.63, 3.8) is 0 Å². The molecule has 0 atom stereocenters. The topological polar surface area (TPSA) is 17.1 Å². The summed E-state index contributed by atoms with van der Waals surface area (Å²) < 4.78 is 0. The Kier molecular flexibility index (Phi) is 11.2. The van der Waals surface area contributed by atoms with Crippen molar-refractivity contribution in [1.29, 1.82) is 0 Å². The predicted octanol–water partition coefficient (Wildman–Crippen LogP) is 1.29. The minimum Gasteiger partial charge on any atom is -0.355 e. The Bertz CT molecular complexity index is 174. The van der Waals surface area contributed by atoms with Crippen LogP contribution in [0.3, 0.4) is 0 Å². The first kappa shape index (κ1) is 13.7. The number of hydrogen-bond donors (Lipinski definition) is 0. The van der Waals surface area contributed by atoms with Gasteiger partial charge in [-0.1, -0.05) is 0 Å². The van der Waals surface area contributed by atoms with Gasteiger partial charge in [0.1, 0.15) is 0 Å². The van der Waals surface area contributed by atoms with E-state index in [0.717, 1.165) is 6.29 Å². The van der Waals surface area contributed by atoms with Gasteiger partial charge >= 0.3 is 0 Å². The van der Waals surface area contributed by atoms with Crippen molar-refractivity contribution in [3.8, 4) is 0 Å². The van der Waals surface area contributed by atoms with Gasteiger partial charge in [0.2, 0.25) is 0 Å². The van der Waals surface area contributed by atoms with Crippen LogP contribution in [-0.4, -0.2) is 6.29 Å². The molecule has 0 aromatic heterocycles.